The average molecular weight is 401 g/mol. The minimum absolute atomic E-state index is 0.0908. The fraction of sp³-hybridized carbons (Fsp3) is 0.450. The Morgan fingerprint density at radius 1 is 1.36 bits per heavy atom. The lowest BCUT2D eigenvalue weighted by atomic mass is 10.2. The van der Waals surface area contributed by atoms with Crippen LogP contribution in [0.2, 0.25) is 0 Å². The van der Waals surface area contributed by atoms with Crippen molar-refractivity contribution in [3.8, 4) is 0 Å². The zero-order chi connectivity index (χ0) is 20.1. The summed E-state index contributed by atoms with van der Waals surface area (Å²) in [5.74, 6) is 2.31. The third kappa shape index (κ3) is 4.32. The number of thioether (sulfide) groups is 1. The fourth-order valence-corrected chi connectivity index (χ4v) is 3.77. The van der Waals surface area contributed by atoms with Gasteiger partial charge in [-0.15, -0.1) is 0 Å². The fourth-order valence-electron chi connectivity index (χ4n) is 3.35. The minimum Gasteiger partial charge on any atom is -0.383 e. The molecule has 0 fully saturated rings. The van der Waals surface area contributed by atoms with Crippen LogP contribution >= 0.6 is 11.8 Å². The lowest BCUT2D eigenvalue weighted by molar-refractivity contribution is 0.651. The highest BCUT2D eigenvalue weighted by molar-refractivity contribution is 7.98. The van der Waals surface area contributed by atoms with Gasteiger partial charge < -0.3 is 15.6 Å². The van der Waals surface area contributed by atoms with Gasteiger partial charge in [-0.1, -0.05) is 13.0 Å². The largest absolute Gasteiger partial charge is 0.383 e. The molecule has 28 heavy (non-hydrogen) atoms. The second-order valence-corrected chi connectivity index (χ2v) is 7.76. The molecule has 0 amide bonds. The predicted molar refractivity (Wildman–Crippen MR) is 117 cm³/mol. The molecule has 0 saturated heterocycles. The van der Waals surface area contributed by atoms with Gasteiger partial charge in [0.25, 0.3) is 5.56 Å². The molecular formula is C20H28N6OS. The third-order valence-corrected chi connectivity index (χ3v) is 5.51. The molecule has 3 aromatic heterocycles. The van der Waals surface area contributed by atoms with E-state index in [0.717, 1.165) is 47.6 Å². The maximum Gasteiger partial charge on any atom is 0.253 e. The Labute approximate surface area is 169 Å². The van der Waals surface area contributed by atoms with Gasteiger partial charge in [0, 0.05) is 36.5 Å². The van der Waals surface area contributed by atoms with E-state index in [1.165, 1.54) is 0 Å². The van der Waals surface area contributed by atoms with E-state index in [2.05, 4.69) is 28.6 Å². The van der Waals surface area contributed by atoms with Gasteiger partial charge >= 0.3 is 0 Å². The van der Waals surface area contributed by atoms with Gasteiger partial charge in [-0.05, 0) is 44.3 Å². The lowest BCUT2D eigenvalue weighted by Crippen LogP contribution is -2.24. The highest BCUT2D eigenvalue weighted by Gasteiger charge is 2.12. The van der Waals surface area contributed by atoms with Crippen molar-refractivity contribution in [2.24, 2.45) is 0 Å². The highest BCUT2D eigenvalue weighted by atomic mass is 32.2. The third-order valence-electron chi connectivity index (χ3n) is 4.81. The van der Waals surface area contributed by atoms with Gasteiger partial charge in [0.2, 0.25) is 0 Å². The van der Waals surface area contributed by atoms with Gasteiger partial charge in [-0.2, -0.15) is 21.4 Å². The molecule has 150 valence electrons. The maximum atomic E-state index is 12.6. The van der Waals surface area contributed by atoms with Crippen molar-refractivity contribution < 1.29 is 0 Å². The van der Waals surface area contributed by atoms with Crippen LogP contribution in [-0.2, 0) is 19.4 Å². The van der Waals surface area contributed by atoms with Crippen LogP contribution in [0.1, 0.15) is 30.2 Å². The quantitative estimate of drug-likeness (QED) is 0.537. The van der Waals surface area contributed by atoms with Crippen molar-refractivity contribution in [1.29, 1.82) is 0 Å². The number of rotatable bonds is 9. The first-order valence-electron chi connectivity index (χ1n) is 9.61. The zero-order valence-corrected chi connectivity index (χ0v) is 17.6. The normalized spacial score (nSPS) is 11.2. The lowest BCUT2D eigenvalue weighted by Gasteiger charge is -2.10. The number of pyridine rings is 1. The molecule has 0 aliphatic carbocycles. The number of anilines is 2. The van der Waals surface area contributed by atoms with Gasteiger partial charge in [0.05, 0.1) is 5.69 Å². The van der Waals surface area contributed by atoms with Crippen LogP contribution in [0.25, 0.3) is 5.65 Å². The molecular weight excluding hydrogens is 372 g/mol. The first kappa shape index (κ1) is 20.3. The first-order valence-corrected chi connectivity index (χ1v) is 11.0. The molecule has 3 heterocycles. The van der Waals surface area contributed by atoms with Crippen LogP contribution in [0, 0.1) is 6.92 Å². The number of hydrogen-bond acceptors (Lipinski definition) is 6. The van der Waals surface area contributed by atoms with Crippen molar-refractivity contribution in [2.45, 2.75) is 39.7 Å². The van der Waals surface area contributed by atoms with Crippen LogP contribution in [0.3, 0.4) is 0 Å². The van der Waals surface area contributed by atoms with E-state index in [1.54, 1.807) is 26.9 Å². The molecule has 3 aromatic rings. The van der Waals surface area contributed by atoms with E-state index in [0.29, 0.717) is 24.6 Å². The second kappa shape index (κ2) is 9.14. The van der Waals surface area contributed by atoms with Crippen LogP contribution in [0.5, 0.6) is 0 Å². The number of nitrogens with zero attached hydrogens (tertiary/aromatic N) is 4. The van der Waals surface area contributed by atoms with Crippen molar-refractivity contribution in [3.63, 3.8) is 0 Å². The summed E-state index contributed by atoms with van der Waals surface area (Å²) in [5, 5.41) is 7.76. The average Bonchev–Trinajstić information content (AvgIpc) is 3.00. The molecule has 0 aliphatic rings. The molecule has 0 bridgehead atoms. The molecule has 0 spiro atoms. The molecule has 0 radical (unpaired) electrons. The van der Waals surface area contributed by atoms with E-state index >= 15 is 0 Å². The number of aromatic nitrogens is 4. The standard InChI is InChI=1S/C20H28N6OS/c1-4-16-14(2)24-26-17(21)13-18(23-19(16)26)22-9-8-15-7-5-10-25(20(15)27)11-6-12-28-3/h5,7,10,13H,4,6,8-9,11-12,21H2,1-3H3,(H,22,23). The molecule has 7 nitrogen and oxygen atoms in total. The highest BCUT2D eigenvalue weighted by Crippen LogP contribution is 2.20. The van der Waals surface area contributed by atoms with Crippen molar-refractivity contribution >= 4 is 29.0 Å². The van der Waals surface area contributed by atoms with Crippen molar-refractivity contribution in [2.75, 3.05) is 29.6 Å². The van der Waals surface area contributed by atoms with Crippen LogP contribution in [0.15, 0.2) is 29.2 Å². The van der Waals surface area contributed by atoms with Gasteiger partial charge in [0.15, 0.2) is 5.65 Å². The van der Waals surface area contributed by atoms with Gasteiger partial charge in [0.1, 0.15) is 11.6 Å². The van der Waals surface area contributed by atoms with Crippen LogP contribution < -0.4 is 16.6 Å². The van der Waals surface area contributed by atoms with Crippen LogP contribution in [0.4, 0.5) is 11.6 Å². The Kier molecular flexibility index (Phi) is 6.61. The number of nitrogen functional groups attached to an aromatic ring is 1. The number of nitrogens with one attached hydrogen (secondary N) is 1. The Hall–Kier alpha value is -2.48. The van der Waals surface area contributed by atoms with E-state index in [9.17, 15) is 4.79 Å². The summed E-state index contributed by atoms with van der Waals surface area (Å²) < 4.78 is 3.49. The molecule has 0 aromatic carbocycles. The molecule has 3 rings (SSSR count). The predicted octanol–water partition coefficient (Wildman–Crippen LogP) is 2.75. The first-order chi connectivity index (χ1) is 13.5. The van der Waals surface area contributed by atoms with Crippen LogP contribution in [-0.4, -0.2) is 37.7 Å². The van der Waals surface area contributed by atoms with Gasteiger partial charge in [-0.25, -0.2) is 4.98 Å². The Morgan fingerprint density at radius 3 is 2.93 bits per heavy atom. The maximum absolute atomic E-state index is 12.6. The summed E-state index contributed by atoms with van der Waals surface area (Å²) in [6.07, 6.45) is 6.43. The van der Waals surface area contributed by atoms with E-state index in [-0.39, 0.29) is 5.56 Å². The smallest absolute Gasteiger partial charge is 0.253 e. The monoisotopic (exact) mass is 400 g/mol. The van der Waals surface area contributed by atoms with Gasteiger partial charge in [-0.3, -0.25) is 4.79 Å². The molecule has 0 unspecified atom stereocenters. The molecule has 0 saturated carbocycles. The summed E-state index contributed by atoms with van der Waals surface area (Å²) in [5.41, 5.74) is 9.89. The number of nitrogens with two attached hydrogens (primary N) is 1. The van der Waals surface area contributed by atoms with E-state index in [1.807, 2.05) is 25.3 Å². The molecule has 8 heteroatoms. The Bertz CT molecular complexity index is 1010. The Morgan fingerprint density at radius 2 is 2.18 bits per heavy atom. The van der Waals surface area contributed by atoms with Crippen molar-refractivity contribution in [1.82, 2.24) is 19.2 Å². The van der Waals surface area contributed by atoms with Crippen molar-refractivity contribution in [3.05, 3.63) is 51.6 Å². The molecule has 0 aliphatic heterocycles. The number of aryl methyl sites for hydroxylation is 3. The Balaban J connectivity index is 1.70. The number of fused-ring (bicyclic) bond motifs is 1. The zero-order valence-electron chi connectivity index (χ0n) is 16.7. The summed E-state index contributed by atoms with van der Waals surface area (Å²) in [7, 11) is 0. The number of hydrogen-bond donors (Lipinski definition) is 2. The summed E-state index contributed by atoms with van der Waals surface area (Å²) in [6, 6.07) is 5.63. The second-order valence-electron chi connectivity index (χ2n) is 6.77. The summed E-state index contributed by atoms with van der Waals surface area (Å²) >= 11 is 1.80. The summed E-state index contributed by atoms with van der Waals surface area (Å²) in [6.45, 7) is 5.43. The topological polar surface area (TPSA) is 90.2 Å². The molecule has 0 atom stereocenters. The van der Waals surface area contributed by atoms with E-state index < -0.39 is 0 Å². The minimum atomic E-state index is 0.0908. The molecule has 3 N–H and O–H groups in total. The summed E-state index contributed by atoms with van der Waals surface area (Å²) in [4.78, 5) is 17.3. The SMILES string of the molecule is CCc1c(C)nn2c(N)cc(NCCc3cccn(CCCSC)c3=O)nc12. The van der Waals surface area contributed by atoms with E-state index in [4.69, 9.17) is 5.73 Å².